The molecule has 0 spiro atoms. The average Bonchev–Trinajstić information content (AvgIpc) is 3.60. The van der Waals surface area contributed by atoms with Crippen molar-refractivity contribution in [2.75, 3.05) is 47.5 Å². The molecular formula is C78H134NO8P. The van der Waals surface area contributed by atoms with Crippen molar-refractivity contribution in [3.05, 3.63) is 134 Å². The maximum atomic E-state index is 12.9. The fourth-order valence-corrected chi connectivity index (χ4v) is 10.5. The molecule has 9 nitrogen and oxygen atoms in total. The van der Waals surface area contributed by atoms with Gasteiger partial charge in [0.05, 0.1) is 27.7 Å². The highest BCUT2D eigenvalue weighted by atomic mass is 31.2. The van der Waals surface area contributed by atoms with Gasteiger partial charge in [-0.1, -0.05) is 308 Å². The number of quaternary nitrogens is 1. The van der Waals surface area contributed by atoms with E-state index in [4.69, 9.17) is 18.5 Å². The molecule has 0 N–H and O–H groups in total. The summed E-state index contributed by atoms with van der Waals surface area (Å²) >= 11 is 0. The second-order valence-corrected chi connectivity index (χ2v) is 26.2. The summed E-state index contributed by atoms with van der Waals surface area (Å²) in [6.07, 6.45) is 98.2. The third-order valence-corrected chi connectivity index (χ3v) is 16.1. The molecule has 504 valence electrons. The van der Waals surface area contributed by atoms with E-state index >= 15 is 0 Å². The molecule has 0 rings (SSSR count). The number of likely N-dealkylation sites (N-methyl/N-ethyl adjacent to an activating group) is 1. The molecule has 10 heteroatoms. The van der Waals surface area contributed by atoms with Crippen LogP contribution < -0.4 is 4.89 Å². The summed E-state index contributed by atoms with van der Waals surface area (Å²) in [6, 6.07) is 0. The number of ether oxygens (including phenoxy) is 2. The van der Waals surface area contributed by atoms with Gasteiger partial charge in [-0.05, 0) is 109 Å². The Hall–Kier alpha value is -3.85. The first kappa shape index (κ1) is 84.2. The fraction of sp³-hybridized carbons (Fsp3) is 0.692. The summed E-state index contributed by atoms with van der Waals surface area (Å²) < 4.78 is 34.3. The summed E-state index contributed by atoms with van der Waals surface area (Å²) in [6.45, 7) is 4.02. The highest BCUT2D eigenvalue weighted by Crippen LogP contribution is 2.38. The molecule has 0 heterocycles. The minimum atomic E-state index is -4.65. The third-order valence-electron chi connectivity index (χ3n) is 15.2. The maximum absolute atomic E-state index is 12.9. The van der Waals surface area contributed by atoms with Crippen molar-refractivity contribution in [2.45, 2.75) is 302 Å². The van der Waals surface area contributed by atoms with Crippen molar-refractivity contribution in [1.82, 2.24) is 0 Å². The van der Waals surface area contributed by atoms with Gasteiger partial charge in [0.15, 0.2) is 6.10 Å². The predicted molar refractivity (Wildman–Crippen MR) is 378 cm³/mol. The largest absolute Gasteiger partial charge is 0.756 e. The van der Waals surface area contributed by atoms with Crippen LogP contribution in [0.3, 0.4) is 0 Å². The molecule has 0 saturated heterocycles. The van der Waals surface area contributed by atoms with E-state index in [2.05, 4.69) is 148 Å². The van der Waals surface area contributed by atoms with E-state index in [9.17, 15) is 19.0 Å². The predicted octanol–water partition coefficient (Wildman–Crippen LogP) is 23.0. The number of phosphoric acid groups is 1. The molecule has 0 radical (unpaired) electrons. The zero-order valence-corrected chi connectivity index (χ0v) is 58.3. The van der Waals surface area contributed by atoms with Crippen LogP contribution in [-0.2, 0) is 32.7 Å². The molecule has 2 atom stereocenters. The summed E-state index contributed by atoms with van der Waals surface area (Å²) in [5.74, 6) is -0.840. The number of hydrogen-bond donors (Lipinski definition) is 0. The Labute approximate surface area is 542 Å². The maximum Gasteiger partial charge on any atom is 0.306 e. The Bertz CT molecular complexity index is 1950. The lowest BCUT2D eigenvalue weighted by Gasteiger charge is -2.28. The smallest absolute Gasteiger partial charge is 0.306 e. The number of allylic oxidation sites excluding steroid dienone is 22. The molecule has 0 aromatic carbocycles. The lowest BCUT2D eigenvalue weighted by Crippen LogP contribution is -2.37. The Morgan fingerprint density at radius 2 is 0.614 bits per heavy atom. The average molecular weight is 1240 g/mol. The second kappa shape index (κ2) is 67.5. The number of hydrogen-bond acceptors (Lipinski definition) is 8. The number of phosphoric ester groups is 1. The SMILES string of the molecule is CC/C=C\C/C=C\C/C=C\C/C=C\C/C=C\C/C=C\CCCCCCCCCCC(=O)OC(COC(=O)CCCCCCCCCCCCCCCCCCCCCCC/C=C\C/C=C\C/C=C\C/C=C\C/C=C\CC)COP(=O)([O-])OCC[N+](C)(C)C. The topological polar surface area (TPSA) is 111 Å². The molecule has 2 unspecified atom stereocenters. The fourth-order valence-electron chi connectivity index (χ4n) is 9.75. The van der Waals surface area contributed by atoms with Gasteiger partial charge in [-0.25, -0.2) is 0 Å². The van der Waals surface area contributed by atoms with E-state index in [1.165, 1.54) is 148 Å². The standard InChI is InChI=1S/C78H134NO8P/c1-6-8-10-12-14-16-18-20-22-24-26-28-30-32-34-35-36-37-38-39-40-41-42-43-45-46-48-50-52-54-56-58-60-62-64-66-68-70-77(80)84-74-76(75-86-88(82,83)85-73-72-79(3,4)5)87-78(81)71-69-67-65-63-61-59-57-55-53-51-49-47-44-33-31-29-27-25-23-21-19-17-15-13-11-9-7-2/h8-11,14-17,20-23,26-29,32-34,44,49,51,76H,6-7,12-13,18-19,24-25,30-31,35-43,45-48,50,52-75H2,1-5H3/b10-8-,11-9-,16-14-,17-15-,22-20-,23-21-,28-26-,29-27-,34-32-,44-33-,51-49-. The van der Waals surface area contributed by atoms with Crippen LogP contribution in [0.4, 0.5) is 0 Å². The van der Waals surface area contributed by atoms with Gasteiger partial charge in [-0.2, -0.15) is 0 Å². The van der Waals surface area contributed by atoms with Crippen LogP contribution in [0.1, 0.15) is 296 Å². The van der Waals surface area contributed by atoms with Crippen molar-refractivity contribution in [3.8, 4) is 0 Å². The lowest BCUT2D eigenvalue weighted by molar-refractivity contribution is -0.870. The summed E-state index contributed by atoms with van der Waals surface area (Å²) in [7, 11) is 1.15. The molecule has 0 amide bonds. The van der Waals surface area contributed by atoms with Gasteiger partial charge in [0.2, 0.25) is 0 Å². The van der Waals surface area contributed by atoms with E-state index < -0.39 is 26.5 Å². The molecule has 0 bridgehead atoms. The van der Waals surface area contributed by atoms with Crippen LogP contribution in [0.15, 0.2) is 134 Å². The molecule has 0 aliphatic rings. The number of unbranched alkanes of at least 4 members (excludes halogenated alkanes) is 29. The van der Waals surface area contributed by atoms with Crippen LogP contribution in [0.25, 0.3) is 0 Å². The van der Waals surface area contributed by atoms with Gasteiger partial charge in [-0.15, -0.1) is 0 Å². The Morgan fingerprint density at radius 3 is 0.909 bits per heavy atom. The van der Waals surface area contributed by atoms with E-state index in [1.54, 1.807) is 0 Å². The van der Waals surface area contributed by atoms with Gasteiger partial charge in [0.25, 0.3) is 7.82 Å². The van der Waals surface area contributed by atoms with Gasteiger partial charge < -0.3 is 27.9 Å². The molecule has 0 fully saturated rings. The minimum Gasteiger partial charge on any atom is -0.756 e. The number of nitrogens with zero attached hydrogens (tertiary/aromatic N) is 1. The molecule has 0 aromatic rings. The number of esters is 2. The van der Waals surface area contributed by atoms with Crippen LogP contribution in [0.2, 0.25) is 0 Å². The minimum absolute atomic E-state index is 0.0372. The molecule has 0 aliphatic heterocycles. The quantitative estimate of drug-likeness (QED) is 0.0195. The molecular weight excluding hydrogens is 1110 g/mol. The van der Waals surface area contributed by atoms with Crippen molar-refractivity contribution in [2.24, 2.45) is 0 Å². The highest BCUT2D eigenvalue weighted by Gasteiger charge is 2.22. The zero-order valence-electron chi connectivity index (χ0n) is 57.4. The summed E-state index contributed by atoms with van der Waals surface area (Å²) in [5.41, 5.74) is 0. The second-order valence-electron chi connectivity index (χ2n) is 24.8. The number of carbonyl (C=O) groups is 2. The Balaban J connectivity index is 4.02. The van der Waals surface area contributed by atoms with Crippen molar-refractivity contribution in [1.29, 1.82) is 0 Å². The van der Waals surface area contributed by atoms with E-state index in [-0.39, 0.29) is 32.0 Å². The van der Waals surface area contributed by atoms with Crippen LogP contribution in [0, 0.1) is 0 Å². The van der Waals surface area contributed by atoms with Gasteiger partial charge in [-0.3, -0.25) is 14.2 Å². The zero-order chi connectivity index (χ0) is 64.1. The normalized spacial score (nSPS) is 13.9. The van der Waals surface area contributed by atoms with Crippen LogP contribution >= 0.6 is 7.82 Å². The first-order chi connectivity index (χ1) is 43.0. The highest BCUT2D eigenvalue weighted by molar-refractivity contribution is 7.45. The molecule has 0 aliphatic carbocycles. The van der Waals surface area contributed by atoms with Gasteiger partial charge in [0.1, 0.15) is 19.8 Å². The molecule has 0 saturated carbocycles. The van der Waals surface area contributed by atoms with Crippen molar-refractivity contribution >= 4 is 19.8 Å². The Morgan fingerprint density at radius 1 is 0.352 bits per heavy atom. The van der Waals surface area contributed by atoms with Gasteiger partial charge >= 0.3 is 11.9 Å². The lowest BCUT2D eigenvalue weighted by atomic mass is 10.0. The van der Waals surface area contributed by atoms with E-state index in [0.29, 0.717) is 17.4 Å². The monoisotopic (exact) mass is 1240 g/mol. The summed E-state index contributed by atoms with van der Waals surface area (Å²) in [5, 5.41) is 0. The first-order valence-electron chi connectivity index (χ1n) is 35.9. The van der Waals surface area contributed by atoms with Crippen LogP contribution in [0.5, 0.6) is 0 Å². The van der Waals surface area contributed by atoms with Crippen molar-refractivity contribution in [3.63, 3.8) is 0 Å². The van der Waals surface area contributed by atoms with E-state index in [1.807, 2.05) is 21.1 Å². The summed E-state index contributed by atoms with van der Waals surface area (Å²) in [4.78, 5) is 38.1. The first-order valence-corrected chi connectivity index (χ1v) is 37.4. The van der Waals surface area contributed by atoms with Crippen LogP contribution in [-0.4, -0.2) is 70.0 Å². The Kier molecular flexibility index (Phi) is 64.6. The molecule has 88 heavy (non-hydrogen) atoms. The molecule has 0 aromatic heterocycles. The number of carbonyl (C=O) groups excluding carboxylic acids is 2. The number of rotatable bonds is 65. The third kappa shape index (κ3) is 71.2. The van der Waals surface area contributed by atoms with Crippen molar-refractivity contribution < 1.29 is 42.1 Å². The van der Waals surface area contributed by atoms with Gasteiger partial charge in [0, 0.05) is 12.8 Å². The van der Waals surface area contributed by atoms with E-state index in [0.717, 1.165) is 116 Å².